The molecule has 0 aromatic heterocycles. The Hall–Kier alpha value is -0.570. The summed E-state index contributed by atoms with van der Waals surface area (Å²) >= 11 is 0. The fourth-order valence-electron chi connectivity index (χ4n) is 2.24. The van der Waals surface area contributed by atoms with Gasteiger partial charge in [0.05, 0.1) is 0 Å². The molecule has 1 atom stereocenters. The molecule has 1 aliphatic heterocycles. The Morgan fingerprint density at radius 2 is 2.06 bits per heavy atom. The third-order valence-electron chi connectivity index (χ3n) is 3.56. The first-order valence-electron chi connectivity index (χ1n) is 6.34. The fourth-order valence-corrected chi connectivity index (χ4v) is 2.24. The maximum absolute atomic E-state index is 11.8. The van der Waals surface area contributed by atoms with Gasteiger partial charge in [0.1, 0.15) is 0 Å². The second-order valence-electron chi connectivity index (χ2n) is 5.87. The Labute approximate surface area is 98.8 Å². The van der Waals surface area contributed by atoms with Crippen molar-refractivity contribution in [3.8, 4) is 0 Å². The lowest BCUT2D eigenvalue weighted by Crippen LogP contribution is -2.30. The van der Waals surface area contributed by atoms with Crippen molar-refractivity contribution in [3.63, 3.8) is 0 Å². The summed E-state index contributed by atoms with van der Waals surface area (Å²) in [5.41, 5.74) is 0.306. The Morgan fingerprint density at radius 1 is 1.38 bits per heavy atom. The van der Waals surface area contributed by atoms with E-state index in [2.05, 4.69) is 20.8 Å². The number of aliphatic hydroxyl groups is 1. The summed E-state index contributed by atoms with van der Waals surface area (Å²) in [7, 11) is 0. The van der Waals surface area contributed by atoms with Crippen LogP contribution in [0.2, 0.25) is 0 Å². The summed E-state index contributed by atoms with van der Waals surface area (Å²) in [4.78, 5) is 13.8. The van der Waals surface area contributed by atoms with Crippen LogP contribution in [0.4, 0.5) is 0 Å². The molecule has 0 aromatic rings. The van der Waals surface area contributed by atoms with E-state index in [0.717, 1.165) is 32.4 Å². The number of carbonyl (C=O) groups excluding carboxylic acids is 1. The van der Waals surface area contributed by atoms with Gasteiger partial charge in [0.15, 0.2) is 0 Å². The van der Waals surface area contributed by atoms with Gasteiger partial charge in [-0.25, -0.2) is 0 Å². The van der Waals surface area contributed by atoms with Crippen molar-refractivity contribution in [2.45, 2.75) is 46.5 Å². The Morgan fingerprint density at radius 3 is 2.56 bits per heavy atom. The predicted molar refractivity (Wildman–Crippen MR) is 65.1 cm³/mol. The van der Waals surface area contributed by atoms with Crippen molar-refractivity contribution in [1.82, 2.24) is 4.90 Å². The minimum absolute atomic E-state index is 0.192. The first-order valence-corrected chi connectivity index (χ1v) is 6.34. The summed E-state index contributed by atoms with van der Waals surface area (Å²) in [5.74, 6) is 0.898. The molecule has 1 fully saturated rings. The molecule has 0 radical (unpaired) electrons. The van der Waals surface area contributed by atoms with Gasteiger partial charge in [0.25, 0.3) is 0 Å². The average molecular weight is 227 g/mol. The quantitative estimate of drug-likeness (QED) is 0.747. The first-order chi connectivity index (χ1) is 7.45. The summed E-state index contributed by atoms with van der Waals surface area (Å²) < 4.78 is 0. The Kier molecular flexibility index (Phi) is 4.78. The molecule has 94 valence electrons. The minimum atomic E-state index is 0.192. The highest BCUT2D eigenvalue weighted by molar-refractivity contribution is 5.76. The van der Waals surface area contributed by atoms with Crippen LogP contribution in [0.1, 0.15) is 46.5 Å². The number of hydrogen-bond acceptors (Lipinski definition) is 2. The number of amides is 1. The van der Waals surface area contributed by atoms with Crippen molar-refractivity contribution in [3.05, 3.63) is 0 Å². The zero-order valence-electron chi connectivity index (χ0n) is 10.8. The molecule has 1 aliphatic rings. The van der Waals surface area contributed by atoms with E-state index in [9.17, 15) is 4.79 Å². The van der Waals surface area contributed by atoms with Crippen LogP contribution in [0.15, 0.2) is 0 Å². The molecule has 1 N–H and O–H groups in total. The SMILES string of the molecule is CC(C)(C)C1CCN(C(=O)CCCCO)C1. The third kappa shape index (κ3) is 3.78. The van der Waals surface area contributed by atoms with Crippen LogP contribution in [0.5, 0.6) is 0 Å². The van der Waals surface area contributed by atoms with E-state index in [1.165, 1.54) is 0 Å². The van der Waals surface area contributed by atoms with Gasteiger partial charge in [0, 0.05) is 26.1 Å². The van der Waals surface area contributed by atoms with E-state index in [-0.39, 0.29) is 12.5 Å². The minimum Gasteiger partial charge on any atom is -0.396 e. The summed E-state index contributed by atoms with van der Waals surface area (Å²) in [6.45, 7) is 8.77. The molecule has 1 unspecified atom stereocenters. The van der Waals surface area contributed by atoms with E-state index in [1.807, 2.05) is 4.90 Å². The van der Waals surface area contributed by atoms with E-state index in [4.69, 9.17) is 5.11 Å². The van der Waals surface area contributed by atoms with Gasteiger partial charge in [-0.2, -0.15) is 0 Å². The van der Waals surface area contributed by atoms with Crippen LogP contribution >= 0.6 is 0 Å². The van der Waals surface area contributed by atoms with Crippen LogP contribution in [-0.4, -0.2) is 35.6 Å². The van der Waals surface area contributed by atoms with Gasteiger partial charge in [-0.05, 0) is 30.6 Å². The largest absolute Gasteiger partial charge is 0.396 e. The highest BCUT2D eigenvalue weighted by Gasteiger charge is 2.33. The van der Waals surface area contributed by atoms with Gasteiger partial charge in [-0.3, -0.25) is 4.79 Å². The standard InChI is InChI=1S/C13H25NO2/c1-13(2,3)11-7-8-14(10-11)12(16)6-4-5-9-15/h11,15H,4-10H2,1-3H3. The predicted octanol–water partition coefficient (Wildman–Crippen LogP) is 2.04. The normalized spacial score (nSPS) is 21.5. The highest BCUT2D eigenvalue weighted by Crippen LogP contribution is 2.33. The Balaban J connectivity index is 2.32. The molecule has 1 heterocycles. The molecule has 0 bridgehead atoms. The lowest BCUT2D eigenvalue weighted by Gasteiger charge is -2.27. The Bertz CT molecular complexity index is 233. The molecule has 3 nitrogen and oxygen atoms in total. The topological polar surface area (TPSA) is 40.5 Å². The molecule has 1 rings (SSSR count). The smallest absolute Gasteiger partial charge is 0.222 e. The number of carbonyl (C=O) groups is 1. The van der Waals surface area contributed by atoms with Crippen LogP contribution in [0, 0.1) is 11.3 Å². The second kappa shape index (κ2) is 5.67. The first kappa shape index (κ1) is 13.5. The number of aliphatic hydroxyl groups excluding tert-OH is 1. The molecule has 0 saturated carbocycles. The second-order valence-corrected chi connectivity index (χ2v) is 5.87. The number of hydrogen-bond donors (Lipinski definition) is 1. The molecule has 1 amide bonds. The maximum atomic E-state index is 11.8. The van der Waals surface area contributed by atoms with Gasteiger partial charge in [-0.15, -0.1) is 0 Å². The number of likely N-dealkylation sites (tertiary alicyclic amines) is 1. The van der Waals surface area contributed by atoms with Gasteiger partial charge < -0.3 is 10.0 Å². The van der Waals surface area contributed by atoms with E-state index >= 15 is 0 Å². The molecule has 0 aliphatic carbocycles. The maximum Gasteiger partial charge on any atom is 0.222 e. The van der Waals surface area contributed by atoms with E-state index in [0.29, 0.717) is 17.8 Å². The van der Waals surface area contributed by atoms with Crippen LogP contribution in [-0.2, 0) is 4.79 Å². The molecular weight excluding hydrogens is 202 g/mol. The summed E-state index contributed by atoms with van der Waals surface area (Å²) in [6, 6.07) is 0. The van der Waals surface area contributed by atoms with Crippen molar-refractivity contribution >= 4 is 5.91 Å². The fraction of sp³-hybridized carbons (Fsp3) is 0.923. The summed E-state index contributed by atoms with van der Waals surface area (Å²) in [5, 5.41) is 8.67. The highest BCUT2D eigenvalue weighted by atomic mass is 16.3. The van der Waals surface area contributed by atoms with Crippen molar-refractivity contribution < 1.29 is 9.90 Å². The van der Waals surface area contributed by atoms with Crippen molar-refractivity contribution in [2.75, 3.05) is 19.7 Å². The monoisotopic (exact) mass is 227 g/mol. The molecule has 3 heteroatoms. The number of nitrogens with zero attached hydrogens (tertiary/aromatic N) is 1. The zero-order valence-corrected chi connectivity index (χ0v) is 10.8. The van der Waals surface area contributed by atoms with Gasteiger partial charge >= 0.3 is 0 Å². The van der Waals surface area contributed by atoms with Gasteiger partial charge in [0.2, 0.25) is 5.91 Å². The van der Waals surface area contributed by atoms with E-state index in [1.54, 1.807) is 0 Å². The van der Waals surface area contributed by atoms with E-state index < -0.39 is 0 Å². The molecule has 1 saturated heterocycles. The lowest BCUT2D eigenvalue weighted by molar-refractivity contribution is -0.130. The molecule has 16 heavy (non-hydrogen) atoms. The summed E-state index contributed by atoms with van der Waals surface area (Å²) in [6.07, 6.45) is 3.28. The van der Waals surface area contributed by atoms with Crippen molar-refractivity contribution in [1.29, 1.82) is 0 Å². The van der Waals surface area contributed by atoms with Gasteiger partial charge in [-0.1, -0.05) is 20.8 Å². The van der Waals surface area contributed by atoms with Crippen LogP contribution in [0.25, 0.3) is 0 Å². The zero-order chi connectivity index (χ0) is 12.2. The average Bonchev–Trinajstić information content (AvgIpc) is 2.66. The molecular formula is C13H25NO2. The van der Waals surface area contributed by atoms with Crippen LogP contribution < -0.4 is 0 Å². The number of rotatable bonds is 4. The van der Waals surface area contributed by atoms with Crippen LogP contribution in [0.3, 0.4) is 0 Å². The molecule has 0 aromatic carbocycles. The lowest BCUT2D eigenvalue weighted by atomic mass is 9.80. The van der Waals surface area contributed by atoms with Crippen molar-refractivity contribution in [2.24, 2.45) is 11.3 Å². The molecule has 0 spiro atoms. The third-order valence-corrected chi connectivity index (χ3v) is 3.56. The number of unbranched alkanes of at least 4 members (excludes halogenated alkanes) is 1.